The molecule has 0 atom stereocenters. The number of rotatable bonds is 5. The van der Waals surface area contributed by atoms with Gasteiger partial charge in [-0.2, -0.15) is 0 Å². The fraction of sp³-hybridized carbons (Fsp3) is 0.500. The zero-order chi connectivity index (χ0) is 14.6. The number of nitrogens with zero attached hydrogens (tertiary/aromatic N) is 1. The minimum absolute atomic E-state index is 0.0647. The molecule has 0 spiro atoms. The molecule has 1 aromatic carbocycles. The smallest absolute Gasteiger partial charge is 0.311 e. The predicted molar refractivity (Wildman–Crippen MR) is 73.0 cm³/mol. The Morgan fingerprint density at radius 3 is 2.42 bits per heavy atom. The molecule has 0 bridgehead atoms. The van der Waals surface area contributed by atoms with Crippen LogP contribution in [0.4, 0.5) is 5.69 Å². The molecule has 19 heavy (non-hydrogen) atoms. The molecule has 5 nitrogen and oxygen atoms in total. The Bertz CT molecular complexity index is 489. The number of carbonyl (C=O) groups excluding carboxylic acids is 1. The summed E-state index contributed by atoms with van der Waals surface area (Å²) in [4.78, 5) is 21.8. The van der Waals surface area contributed by atoms with E-state index >= 15 is 0 Å². The van der Waals surface area contributed by atoms with E-state index < -0.39 is 4.92 Å². The second-order valence-corrected chi connectivity index (χ2v) is 5.39. The van der Waals surface area contributed by atoms with Crippen LogP contribution in [-0.4, -0.2) is 17.8 Å². The second kappa shape index (κ2) is 5.82. The van der Waals surface area contributed by atoms with E-state index in [2.05, 4.69) is 0 Å². The maximum absolute atomic E-state index is 11.1. The van der Waals surface area contributed by atoms with Gasteiger partial charge in [0.05, 0.1) is 17.1 Å². The predicted octanol–water partition coefficient (Wildman–Crippen LogP) is 3.49. The maximum Gasteiger partial charge on any atom is 0.311 e. The molecule has 0 aromatic heterocycles. The summed E-state index contributed by atoms with van der Waals surface area (Å²) >= 11 is 0. The first-order valence-electron chi connectivity index (χ1n) is 6.22. The third-order valence-electron chi connectivity index (χ3n) is 2.74. The molecule has 0 aliphatic rings. The molecule has 1 rings (SSSR count). The van der Waals surface area contributed by atoms with Gasteiger partial charge in [0.25, 0.3) is 0 Å². The van der Waals surface area contributed by atoms with Crippen molar-refractivity contribution >= 4 is 12.0 Å². The highest BCUT2D eigenvalue weighted by atomic mass is 16.6. The summed E-state index contributed by atoms with van der Waals surface area (Å²) in [6.07, 6.45) is 1.32. The van der Waals surface area contributed by atoms with Crippen molar-refractivity contribution < 1.29 is 14.5 Å². The first-order chi connectivity index (χ1) is 8.81. The van der Waals surface area contributed by atoms with Gasteiger partial charge in [-0.15, -0.1) is 0 Å². The summed E-state index contributed by atoms with van der Waals surface area (Å²) in [5, 5.41) is 11.1. The number of nitro benzene ring substituents is 1. The highest BCUT2D eigenvalue weighted by Crippen LogP contribution is 2.36. The Kier molecular flexibility index (Phi) is 4.64. The molecule has 0 unspecified atom stereocenters. The lowest BCUT2D eigenvalue weighted by Crippen LogP contribution is -2.13. The van der Waals surface area contributed by atoms with Crippen LogP contribution in [0.3, 0.4) is 0 Å². The van der Waals surface area contributed by atoms with E-state index in [0.717, 1.165) is 12.0 Å². The standard InChI is InChI=1S/C14H19NO4/c1-5-6-19-13-10(9-16)7-11(14(2,3)4)8-12(13)15(17)18/h7-9H,5-6H2,1-4H3. The number of carbonyl (C=O) groups is 1. The molecule has 0 heterocycles. The van der Waals surface area contributed by atoms with Crippen LogP contribution >= 0.6 is 0 Å². The Balaban J connectivity index is 3.44. The van der Waals surface area contributed by atoms with Gasteiger partial charge in [-0.3, -0.25) is 14.9 Å². The highest BCUT2D eigenvalue weighted by Gasteiger charge is 2.25. The summed E-state index contributed by atoms with van der Waals surface area (Å²) < 4.78 is 5.36. The molecule has 104 valence electrons. The molecule has 0 fully saturated rings. The van der Waals surface area contributed by atoms with Gasteiger partial charge in [-0.25, -0.2) is 0 Å². The fourth-order valence-corrected chi connectivity index (χ4v) is 1.65. The van der Waals surface area contributed by atoms with Crippen molar-refractivity contribution in [1.82, 2.24) is 0 Å². The molecule has 0 amide bonds. The third kappa shape index (κ3) is 3.53. The van der Waals surface area contributed by atoms with E-state index in [-0.39, 0.29) is 22.4 Å². The van der Waals surface area contributed by atoms with Crippen LogP contribution in [0.25, 0.3) is 0 Å². The van der Waals surface area contributed by atoms with Gasteiger partial charge in [0.15, 0.2) is 6.29 Å². The molecular formula is C14H19NO4. The van der Waals surface area contributed by atoms with Gasteiger partial charge in [0.1, 0.15) is 0 Å². The largest absolute Gasteiger partial charge is 0.486 e. The van der Waals surface area contributed by atoms with Crippen molar-refractivity contribution in [3.63, 3.8) is 0 Å². The average Bonchev–Trinajstić information content (AvgIpc) is 2.33. The van der Waals surface area contributed by atoms with Crippen LogP contribution in [0.5, 0.6) is 5.75 Å². The highest BCUT2D eigenvalue weighted by molar-refractivity contribution is 5.83. The summed E-state index contributed by atoms with van der Waals surface area (Å²) in [6, 6.07) is 3.14. The van der Waals surface area contributed by atoms with Crippen LogP contribution in [0.15, 0.2) is 12.1 Å². The molecule has 0 aliphatic carbocycles. The number of hydrogen-bond acceptors (Lipinski definition) is 4. The minimum Gasteiger partial charge on any atom is -0.486 e. The van der Waals surface area contributed by atoms with Crippen molar-refractivity contribution in [1.29, 1.82) is 0 Å². The molecule has 0 N–H and O–H groups in total. The maximum atomic E-state index is 11.1. The average molecular weight is 265 g/mol. The van der Waals surface area contributed by atoms with Crippen molar-refractivity contribution in [3.05, 3.63) is 33.4 Å². The molecule has 0 saturated heterocycles. The summed E-state index contributed by atoms with van der Waals surface area (Å²) in [7, 11) is 0. The van der Waals surface area contributed by atoms with Gasteiger partial charge in [-0.05, 0) is 23.5 Å². The van der Waals surface area contributed by atoms with Crippen molar-refractivity contribution in [3.8, 4) is 5.75 Å². The van der Waals surface area contributed by atoms with Crippen LogP contribution in [0.1, 0.15) is 50.0 Å². The molecular weight excluding hydrogens is 246 g/mol. The third-order valence-corrected chi connectivity index (χ3v) is 2.74. The van der Waals surface area contributed by atoms with E-state index in [9.17, 15) is 14.9 Å². The molecule has 0 aliphatic heterocycles. The molecule has 0 radical (unpaired) electrons. The number of ether oxygens (including phenoxy) is 1. The Morgan fingerprint density at radius 1 is 1.37 bits per heavy atom. The zero-order valence-electron chi connectivity index (χ0n) is 11.7. The molecule has 0 saturated carbocycles. The van der Waals surface area contributed by atoms with E-state index in [1.54, 1.807) is 6.07 Å². The lowest BCUT2D eigenvalue weighted by molar-refractivity contribution is -0.386. The Labute approximate surface area is 112 Å². The number of benzene rings is 1. The van der Waals surface area contributed by atoms with Crippen molar-refractivity contribution in [2.24, 2.45) is 0 Å². The van der Waals surface area contributed by atoms with Gasteiger partial charge >= 0.3 is 5.69 Å². The van der Waals surface area contributed by atoms with Gasteiger partial charge in [0, 0.05) is 6.07 Å². The monoisotopic (exact) mass is 265 g/mol. The normalized spacial score (nSPS) is 11.2. The van der Waals surface area contributed by atoms with Crippen molar-refractivity contribution in [2.75, 3.05) is 6.61 Å². The van der Waals surface area contributed by atoms with Crippen LogP contribution in [0, 0.1) is 10.1 Å². The molecule has 5 heteroatoms. The quantitative estimate of drug-likeness (QED) is 0.464. The molecule has 1 aromatic rings. The van der Waals surface area contributed by atoms with E-state index in [0.29, 0.717) is 12.9 Å². The van der Waals surface area contributed by atoms with E-state index in [1.807, 2.05) is 27.7 Å². The Morgan fingerprint density at radius 2 is 2.00 bits per heavy atom. The minimum atomic E-state index is -0.507. The van der Waals surface area contributed by atoms with Gasteiger partial charge in [0.2, 0.25) is 5.75 Å². The van der Waals surface area contributed by atoms with Crippen LogP contribution in [0.2, 0.25) is 0 Å². The first-order valence-corrected chi connectivity index (χ1v) is 6.22. The number of nitro groups is 1. The van der Waals surface area contributed by atoms with E-state index in [4.69, 9.17) is 4.74 Å². The second-order valence-electron chi connectivity index (χ2n) is 5.39. The van der Waals surface area contributed by atoms with E-state index in [1.165, 1.54) is 6.07 Å². The topological polar surface area (TPSA) is 69.4 Å². The lowest BCUT2D eigenvalue weighted by Gasteiger charge is -2.20. The fourth-order valence-electron chi connectivity index (χ4n) is 1.65. The Hall–Kier alpha value is -1.91. The number of aldehydes is 1. The summed E-state index contributed by atoms with van der Waals surface area (Å²) in [5.74, 6) is 0.0647. The van der Waals surface area contributed by atoms with Crippen LogP contribution in [-0.2, 0) is 5.41 Å². The number of hydrogen-bond donors (Lipinski definition) is 0. The summed E-state index contributed by atoms with van der Waals surface area (Å²) in [6.45, 7) is 8.06. The van der Waals surface area contributed by atoms with Crippen LogP contribution < -0.4 is 4.74 Å². The summed E-state index contributed by atoms with van der Waals surface area (Å²) in [5.41, 5.74) is 0.548. The van der Waals surface area contributed by atoms with Gasteiger partial charge < -0.3 is 4.74 Å². The van der Waals surface area contributed by atoms with Crippen molar-refractivity contribution in [2.45, 2.75) is 39.5 Å². The zero-order valence-corrected chi connectivity index (χ0v) is 11.7. The first kappa shape index (κ1) is 15.1. The SMILES string of the molecule is CCCOc1c(C=O)cc(C(C)(C)C)cc1[N+](=O)[O-]. The lowest BCUT2D eigenvalue weighted by atomic mass is 9.85. The van der Waals surface area contributed by atoms with Gasteiger partial charge in [-0.1, -0.05) is 27.7 Å².